The van der Waals surface area contributed by atoms with E-state index >= 15 is 0 Å². The molecule has 0 bridgehead atoms. The minimum Gasteiger partial charge on any atom is -0.444 e. The van der Waals surface area contributed by atoms with Gasteiger partial charge in [-0.2, -0.15) is 0 Å². The summed E-state index contributed by atoms with van der Waals surface area (Å²) >= 11 is 0. The molecule has 0 radical (unpaired) electrons. The standard InChI is InChI=1S/C14H27N3O3/c1-14(2,3)20-13(19)16-11-8-9(6-7-10(11)15)12(18)17(4)5/h9-11H,6-8,15H2,1-5H3,(H,16,19)/t9-,10+,11-/m0/s1. The molecule has 1 aliphatic rings. The summed E-state index contributed by atoms with van der Waals surface area (Å²) in [5.41, 5.74) is 5.49. The first-order valence-corrected chi connectivity index (χ1v) is 7.06. The van der Waals surface area contributed by atoms with Gasteiger partial charge < -0.3 is 20.7 Å². The van der Waals surface area contributed by atoms with Crippen molar-refractivity contribution in [1.82, 2.24) is 10.2 Å². The molecule has 0 saturated heterocycles. The van der Waals surface area contributed by atoms with Gasteiger partial charge in [-0.05, 0) is 40.0 Å². The molecule has 0 heterocycles. The Kier molecular flexibility index (Phi) is 5.39. The van der Waals surface area contributed by atoms with Crippen molar-refractivity contribution in [3.63, 3.8) is 0 Å². The fourth-order valence-corrected chi connectivity index (χ4v) is 2.41. The van der Waals surface area contributed by atoms with Gasteiger partial charge in [0.2, 0.25) is 5.91 Å². The molecule has 0 aromatic rings. The highest BCUT2D eigenvalue weighted by atomic mass is 16.6. The second-order valence-electron chi connectivity index (χ2n) is 6.66. The quantitative estimate of drug-likeness (QED) is 0.795. The van der Waals surface area contributed by atoms with E-state index in [-0.39, 0.29) is 23.9 Å². The fraction of sp³-hybridized carbons (Fsp3) is 0.857. The molecule has 6 heteroatoms. The maximum Gasteiger partial charge on any atom is 0.407 e. The predicted molar refractivity (Wildman–Crippen MR) is 77.2 cm³/mol. The van der Waals surface area contributed by atoms with Gasteiger partial charge in [0.05, 0.1) is 0 Å². The minimum absolute atomic E-state index is 0.0789. The highest BCUT2D eigenvalue weighted by Gasteiger charge is 2.34. The monoisotopic (exact) mass is 285 g/mol. The van der Waals surface area contributed by atoms with E-state index in [0.717, 1.165) is 12.8 Å². The zero-order chi connectivity index (χ0) is 15.5. The van der Waals surface area contributed by atoms with Gasteiger partial charge in [-0.25, -0.2) is 4.79 Å². The van der Waals surface area contributed by atoms with Crippen LogP contribution in [0.2, 0.25) is 0 Å². The van der Waals surface area contributed by atoms with Crippen LogP contribution in [-0.2, 0) is 9.53 Å². The van der Waals surface area contributed by atoms with E-state index in [0.29, 0.717) is 6.42 Å². The van der Waals surface area contributed by atoms with Crippen molar-refractivity contribution >= 4 is 12.0 Å². The number of ether oxygens (including phenoxy) is 1. The highest BCUT2D eigenvalue weighted by Crippen LogP contribution is 2.25. The molecule has 0 spiro atoms. The van der Waals surface area contributed by atoms with Crippen LogP contribution in [0, 0.1) is 5.92 Å². The molecule has 3 N–H and O–H groups in total. The molecule has 1 rings (SSSR count). The van der Waals surface area contributed by atoms with Crippen LogP contribution in [0.4, 0.5) is 4.79 Å². The van der Waals surface area contributed by atoms with E-state index in [1.807, 2.05) is 20.8 Å². The number of carbonyl (C=O) groups excluding carboxylic acids is 2. The largest absolute Gasteiger partial charge is 0.444 e. The normalized spacial score (nSPS) is 26.8. The average molecular weight is 285 g/mol. The van der Waals surface area contributed by atoms with Crippen molar-refractivity contribution in [3.05, 3.63) is 0 Å². The lowest BCUT2D eigenvalue weighted by atomic mass is 9.82. The Balaban J connectivity index is 2.59. The van der Waals surface area contributed by atoms with Gasteiger partial charge in [0.25, 0.3) is 0 Å². The maximum absolute atomic E-state index is 12.0. The van der Waals surface area contributed by atoms with E-state index in [1.165, 1.54) is 0 Å². The Hall–Kier alpha value is -1.30. The highest BCUT2D eigenvalue weighted by molar-refractivity contribution is 5.78. The Morgan fingerprint density at radius 3 is 2.35 bits per heavy atom. The number of hydrogen-bond acceptors (Lipinski definition) is 4. The van der Waals surface area contributed by atoms with Crippen LogP contribution in [0.5, 0.6) is 0 Å². The summed E-state index contributed by atoms with van der Waals surface area (Å²) in [6.45, 7) is 5.43. The van der Waals surface area contributed by atoms with E-state index in [4.69, 9.17) is 10.5 Å². The molecule has 2 amide bonds. The number of alkyl carbamates (subject to hydrolysis) is 1. The summed E-state index contributed by atoms with van der Waals surface area (Å²) in [6.07, 6.45) is 1.59. The van der Waals surface area contributed by atoms with Crippen molar-refractivity contribution in [2.45, 2.75) is 57.7 Å². The van der Waals surface area contributed by atoms with E-state index < -0.39 is 11.7 Å². The molecule has 116 valence electrons. The first kappa shape index (κ1) is 16.8. The van der Waals surface area contributed by atoms with Gasteiger partial charge in [-0.15, -0.1) is 0 Å². The van der Waals surface area contributed by atoms with Crippen molar-refractivity contribution in [1.29, 1.82) is 0 Å². The van der Waals surface area contributed by atoms with Gasteiger partial charge in [0.1, 0.15) is 5.60 Å². The smallest absolute Gasteiger partial charge is 0.407 e. The lowest BCUT2D eigenvalue weighted by molar-refractivity contribution is -0.134. The molecule has 1 fully saturated rings. The lowest BCUT2D eigenvalue weighted by Crippen LogP contribution is -2.53. The zero-order valence-electron chi connectivity index (χ0n) is 13.1. The van der Waals surface area contributed by atoms with E-state index in [9.17, 15) is 9.59 Å². The lowest BCUT2D eigenvalue weighted by Gasteiger charge is -2.35. The summed E-state index contributed by atoms with van der Waals surface area (Å²) in [4.78, 5) is 25.4. The average Bonchev–Trinajstić information content (AvgIpc) is 2.28. The molecule has 6 nitrogen and oxygen atoms in total. The topological polar surface area (TPSA) is 84.7 Å². The molecule has 0 aromatic carbocycles. The molecule has 0 unspecified atom stereocenters. The Labute approximate surface area is 121 Å². The SMILES string of the molecule is CN(C)C(=O)[C@H]1CC[C@@H](N)[C@@H](NC(=O)OC(C)(C)C)C1. The van der Waals surface area contributed by atoms with Gasteiger partial charge in [0, 0.05) is 32.1 Å². The number of nitrogens with zero attached hydrogens (tertiary/aromatic N) is 1. The van der Waals surface area contributed by atoms with E-state index in [2.05, 4.69) is 5.32 Å². The third kappa shape index (κ3) is 5.00. The number of hydrogen-bond donors (Lipinski definition) is 2. The van der Waals surface area contributed by atoms with Crippen LogP contribution in [0.1, 0.15) is 40.0 Å². The molecule has 0 aromatic heterocycles. The van der Waals surface area contributed by atoms with Gasteiger partial charge >= 0.3 is 6.09 Å². The van der Waals surface area contributed by atoms with Crippen LogP contribution in [-0.4, -0.2) is 48.7 Å². The van der Waals surface area contributed by atoms with Crippen molar-refractivity contribution in [2.24, 2.45) is 11.7 Å². The minimum atomic E-state index is -0.540. The van der Waals surface area contributed by atoms with Crippen LogP contribution in [0.15, 0.2) is 0 Å². The number of amides is 2. The second-order valence-corrected chi connectivity index (χ2v) is 6.66. The molecule has 0 aliphatic heterocycles. The molecule has 1 saturated carbocycles. The Morgan fingerprint density at radius 2 is 1.85 bits per heavy atom. The summed E-state index contributed by atoms with van der Waals surface area (Å²) in [7, 11) is 3.49. The first-order chi connectivity index (χ1) is 9.10. The van der Waals surface area contributed by atoms with Crippen LogP contribution < -0.4 is 11.1 Å². The Morgan fingerprint density at radius 1 is 1.25 bits per heavy atom. The van der Waals surface area contributed by atoms with Gasteiger partial charge in [0.15, 0.2) is 0 Å². The maximum atomic E-state index is 12.0. The van der Waals surface area contributed by atoms with Crippen LogP contribution in [0.25, 0.3) is 0 Å². The summed E-state index contributed by atoms with van der Waals surface area (Å²) in [5, 5.41) is 2.79. The number of rotatable bonds is 2. The number of nitrogens with two attached hydrogens (primary N) is 1. The molecule has 20 heavy (non-hydrogen) atoms. The molecule has 3 atom stereocenters. The summed E-state index contributed by atoms with van der Waals surface area (Å²) in [5.74, 6) is 0.0117. The molecular weight excluding hydrogens is 258 g/mol. The second kappa shape index (κ2) is 6.43. The summed E-state index contributed by atoms with van der Waals surface area (Å²) in [6, 6.07) is -0.346. The predicted octanol–water partition coefficient (Wildman–Crippen LogP) is 1.10. The third-order valence-corrected chi connectivity index (χ3v) is 3.40. The molecular formula is C14H27N3O3. The van der Waals surface area contributed by atoms with Crippen molar-refractivity contribution in [3.8, 4) is 0 Å². The van der Waals surface area contributed by atoms with Crippen molar-refractivity contribution in [2.75, 3.05) is 14.1 Å². The van der Waals surface area contributed by atoms with Gasteiger partial charge in [-0.1, -0.05) is 0 Å². The fourth-order valence-electron chi connectivity index (χ4n) is 2.41. The Bertz CT molecular complexity index is 363. The molecule has 1 aliphatic carbocycles. The zero-order valence-corrected chi connectivity index (χ0v) is 13.1. The summed E-state index contributed by atoms with van der Waals surface area (Å²) < 4.78 is 5.23. The first-order valence-electron chi connectivity index (χ1n) is 7.06. The third-order valence-electron chi connectivity index (χ3n) is 3.40. The van der Waals surface area contributed by atoms with Crippen LogP contribution >= 0.6 is 0 Å². The number of carbonyl (C=O) groups is 2. The van der Waals surface area contributed by atoms with Crippen LogP contribution in [0.3, 0.4) is 0 Å². The van der Waals surface area contributed by atoms with Gasteiger partial charge in [-0.3, -0.25) is 4.79 Å². The number of nitrogens with one attached hydrogen (secondary N) is 1. The van der Waals surface area contributed by atoms with E-state index in [1.54, 1.807) is 19.0 Å². The van der Waals surface area contributed by atoms with Crippen molar-refractivity contribution < 1.29 is 14.3 Å².